The molecule has 6 nitrogen and oxygen atoms in total. The van der Waals surface area contributed by atoms with Gasteiger partial charge < -0.3 is 15.0 Å². The zero-order valence-electron chi connectivity index (χ0n) is 15.4. The van der Waals surface area contributed by atoms with Gasteiger partial charge in [-0.2, -0.15) is 11.3 Å². The predicted octanol–water partition coefficient (Wildman–Crippen LogP) is 3.92. The number of aromatic nitrogens is 2. The van der Waals surface area contributed by atoms with Crippen LogP contribution in [0.1, 0.15) is 33.6 Å². The fourth-order valence-electron chi connectivity index (χ4n) is 3.33. The van der Waals surface area contributed by atoms with Gasteiger partial charge in [0.2, 0.25) is 0 Å². The lowest BCUT2D eigenvalue weighted by Gasteiger charge is -2.16. The van der Waals surface area contributed by atoms with Crippen LogP contribution in [0.4, 0.5) is 5.82 Å². The molecule has 1 aliphatic rings. The van der Waals surface area contributed by atoms with Crippen molar-refractivity contribution in [3.63, 3.8) is 0 Å². The number of carbonyl (C=O) groups excluding carboxylic acids is 1. The number of thiophene rings is 2. The largest absolute Gasteiger partial charge is 0.376 e. The van der Waals surface area contributed by atoms with Crippen molar-refractivity contribution in [3.05, 3.63) is 39.2 Å². The highest BCUT2D eigenvalue weighted by molar-refractivity contribution is 7.20. The highest BCUT2D eigenvalue weighted by Gasteiger charge is 2.23. The molecule has 3 aromatic heterocycles. The summed E-state index contributed by atoms with van der Waals surface area (Å²) in [6, 6.07) is 2.05. The highest BCUT2D eigenvalue weighted by Crippen LogP contribution is 2.34. The van der Waals surface area contributed by atoms with Crippen molar-refractivity contribution in [2.75, 3.05) is 25.5 Å². The molecule has 0 saturated carbocycles. The topological polar surface area (TPSA) is 67.4 Å². The van der Waals surface area contributed by atoms with Gasteiger partial charge >= 0.3 is 0 Å². The first kappa shape index (κ1) is 18.3. The van der Waals surface area contributed by atoms with Crippen LogP contribution in [-0.2, 0) is 11.3 Å². The molecule has 1 N–H and O–H groups in total. The number of ether oxygens (including phenoxy) is 1. The molecule has 1 saturated heterocycles. The second-order valence-corrected chi connectivity index (χ2v) is 8.55. The summed E-state index contributed by atoms with van der Waals surface area (Å²) in [5.74, 6) is 0.801. The van der Waals surface area contributed by atoms with Gasteiger partial charge in [-0.15, -0.1) is 11.3 Å². The van der Waals surface area contributed by atoms with Crippen molar-refractivity contribution in [2.24, 2.45) is 0 Å². The number of anilines is 1. The van der Waals surface area contributed by atoms with E-state index in [0.717, 1.165) is 58.0 Å². The van der Waals surface area contributed by atoms with E-state index in [1.54, 1.807) is 22.6 Å². The summed E-state index contributed by atoms with van der Waals surface area (Å²) in [5, 5.41) is 8.43. The Kier molecular flexibility index (Phi) is 5.38. The minimum Gasteiger partial charge on any atom is -0.376 e. The fourth-order valence-corrected chi connectivity index (χ4v) is 5.13. The molecule has 1 atom stereocenters. The summed E-state index contributed by atoms with van der Waals surface area (Å²) in [7, 11) is 1.84. The fraction of sp³-hybridized carbons (Fsp3) is 0.421. The molecule has 8 heteroatoms. The van der Waals surface area contributed by atoms with Crippen molar-refractivity contribution >= 4 is 44.6 Å². The molecule has 0 bridgehead atoms. The van der Waals surface area contributed by atoms with E-state index >= 15 is 0 Å². The van der Waals surface area contributed by atoms with E-state index in [1.807, 2.05) is 25.4 Å². The van der Waals surface area contributed by atoms with Crippen LogP contribution in [0.3, 0.4) is 0 Å². The van der Waals surface area contributed by atoms with Gasteiger partial charge in [0.1, 0.15) is 17.0 Å². The molecule has 0 aliphatic carbocycles. The van der Waals surface area contributed by atoms with Crippen LogP contribution < -0.4 is 5.32 Å². The van der Waals surface area contributed by atoms with E-state index in [1.165, 1.54) is 11.3 Å². The van der Waals surface area contributed by atoms with E-state index in [2.05, 4.69) is 20.7 Å². The molecule has 0 aromatic carbocycles. The maximum Gasteiger partial charge on any atom is 0.264 e. The van der Waals surface area contributed by atoms with E-state index in [4.69, 9.17) is 4.74 Å². The Morgan fingerprint density at radius 3 is 3.07 bits per heavy atom. The van der Waals surface area contributed by atoms with Gasteiger partial charge in [0, 0.05) is 26.7 Å². The first-order chi connectivity index (χ1) is 13.1. The minimum atomic E-state index is 0.0202. The molecule has 1 unspecified atom stereocenters. The summed E-state index contributed by atoms with van der Waals surface area (Å²) in [5.41, 5.74) is 2.08. The predicted molar refractivity (Wildman–Crippen MR) is 110 cm³/mol. The second kappa shape index (κ2) is 7.92. The first-order valence-electron chi connectivity index (χ1n) is 8.99. The number of aryl methyl sites for hydroxylation is 1. The maximum atomic E-state index is 13.0. The average Bonchev–Trinajstić information content (AvgIpc) is 3.41. The molecular weight excluding hydrogens is 380 g/mol. The lowest BCUT2D eigenvalue weighted by molar-refractivity contribution is 0.0789. The summed E-state index contributed by atoms with van der Waals surface area (Å²) >= 11 is 3.08. The molecule has 3 aromatic rings. The Hall–Kier alpha value is -2.03. The van der Waals surface area contributed by atoms with Gasteiger partial charge in [-0.25, -0.2) is 9.97 Å². The van der Waals surface area contributed by atoms with Crippen LogP contribution in [0.15, 0.2) is 23.2 Å². The van der Waals surface area contributed by atoms with Gasteiger partial charge in [0.25, 0.3) is 5.91 Å². The van der Waals surface area contributed by atoms with Gasteiger partial charge in [0.15, 0.2) is 0 Å². The van der Waals surface area contributed by atoms with Crippen molar-refractivity contribution in [1.29, 1.82) is 0 Å². The Balaban J connectivity index is 1.57. The van der Waals surface area contributed by atoms with E-state index in [0.29, 0.717) is 6.54 Å². The van der Waals surface area contributed by atoms with Gasteiger partial charge in [0.05, 0.1) is 16.4 Å². The third-order valence-corrected chi connectivity index (χ3v) is 6.71. The molecule has 0 radical (unpaired) electrons. The van der Waals surface area contributed by atoms with E-state index in [-0.39, 0.29) is 12.0 Å². The number of nitrogens with one attached hydrogen (secondary N) is 1. The Labute approximate surface area is 166 Å². The van der Waals surface area contributed by atoms with Crippen LogP contribution in [0.25, 0.3) is 10.2 Å². The summed E-state index contributed by atoms with van der Waals surface area (Å²) in [4.78, 5) is 25.1. The molecule has 0 spiro atoms. The zero-order chi connectivity index (χ0) is 18.8. The van der Waals surface area contributed by atoms with Gasteiger partial charge in [-0.3, -0.25) is 4.79 Å². The molecule has 1 amide bonds. The lowest BCUT2D eigenvalue weighted by atomic mass is 10.1. The summed E-state index contributed by atoms with van der Waals surface area (Å²) in [6.07, 6.45) is 3.96. The van der Waals surface area contributed by atoms with E-state index in [9.17, 15) is 4.79 Å². The molecule has 142 valence electrons. The standard InChI is InChI=1S/C19H22N4O2S2/c1-12-15-17(20-8-14-4-3-6-25-14)21-11-22-18(15)27-16(12)19(24)23(2)9-13-5-7-26-10-13/h5,7,10-11,14H,3-4,6,8-9H2,1-2H3,(H,20,21,22). The average molecular weight is 403 g/mol. The Morgan fingerprint density at radius 2 is 2.33 bits per heavy atom. The van der Waals surface area contributed by atoms with E-state index < -0.39 is 0 Å². The SMILES string of the molecule is Cc1c(C(=O)N(C)Cc2ccsc2)sc2ncnc(NCC3CCCO3)c12. The van der Waals surface area contributed by atoms with Crippen molar-refractivity contribution in [3.8, 4) is 0 Å². The number of amides is 1. The number of nitrogens with zero attached hydrogens (tertiary/aromatic N) is 3. The van der Waals surface area contributed by atoms with Crippen LogP contribution >= 0.6 is 22.7 Å². The lowest BCUT2D eigenvalue weighted by Crippen LogP contribution is -2.25. The van der Waals surface area contributed by atoms with Crippen LogP contribution in [-0.4, -0.2) is 47.1 Å². The number of hydrogen-bond acceptors (Lipinski definition) is 7. The quantitative estimate of drug-likeness (QED) is 0.677. The van der Waals surface area contributed by atoms with Crippen LogP contribution in [0, 0.1) is 6.92 Å². The second-order valence-electron chi connectivity index (χ2n) is 6.77. The normalized spacial score (nSPS) is 16.7. The molecule has 4 heterocycles. The summed E-state index contributed by atoms with van der Waals surface area (Å²) in [6.45, 7) is 4.14. The molecule has 4 rings (SSSR count). The number of fused-ring (bicyclic) bond motifs is 1. The number of hydrogen-bond donors (Lipinski definition) is 1. The molecule has 1 aliphatic heterocycles. The minimum absolute atomic E-state index is 0.0202. The third kappa shape index (κ3) is 3.83. The Bertz CT molecular complexity index is 933. The maximum absolute atomic E-state index is 13.0. The molecular formula is C19H22N4O2S2. The Morgan fingerprint density at radius 1 is 1.44 bits per heavy atom. The number of rotatable bonds is 6. The third-order valence-electron chi connectivity index (χ3n) is 4.79. The first-order valence-corrected chi connectivity index (χ1v) is 10.8. The van der Waals surface area contributed by atoms with Crippen molar-refractivity contribution in [1.82, 2.24) is 14.9 Å². The van der Waals surface area contributed by atoms with Crippen molar-refractivity contribution < 1.29 is 9.53 Å². The van der Waals surface area contributed by atoms with Crippen molar-refractivity contribution in [2.45, 2.75) is 32.4 Å². The molecule has 27 heavy (non-hydrogen) atoms. The van der Waals surface area contributed by atoms with Crippen LogP contribution in [0.5, 0.6) is 0 Å². The monoisotopic (exact) mass is 402 g/mol. The molecule has 1 fully saturated rings. The van der Waals surface area contributed by atoms with Gasteiger partial charge in [-0.05, 0) is 47.7 Å². The van der Waals surface area contributed by atoms with Gasteiger partial charge in [-0.1, -0.05) is 0 Å². The zero-order valence-corrected chi connectivity index (χ0v) is 17.0. The smallest absolute Gasteiger partial charge is 0.264 e. The number of carbonyl (C=O) groups is 1. The van der Waals surface area contributed by atoms with Crippen LogP contribution in [0.2, 0.25) is 0 Å². The summed E-state index contributed by atoms with van der Waals surface area (Å²) < 4.78 is 5.68. The highest BCUT2D eigenvalue weighted by atomic mass is 32.1.